The van der Waals surface area contributed by atoms with Crippen LogP contribution < -0.4 is 0 Å². The number of carbonyl (C=O) groups excluding carboxylic acids is 1. The Kier molecular flexibility index (Phi) is 5.28. The van der Waals surface area contributed by atoms with Crippen LogP contribution in [-0.2, 0) is 9.53 Å². The van der Waals surface area contributed by atoms with E-state index in [9.17, 15) is 9.90 Å². The normalized spacial score (nSPS) is 29.5. The molecule has 1 N–H and O–H groups in total. The van der Waals surface area contributed by atoms with Gasteiger partial charge in [0.15, 0.2) is 5.60 Å². The predicted octanol–water partition coefficient (Wildman–Crippen LogP) is 1.11. The van der Waals surface area contributed by atoms with Crippen molar-refractivity contribution in [3.63, 3.8) is 0 Å². The fourth-order valence-corrected chi connectivity index (χ4v) is 3.26. The zero-order chi connectivity index (χ0) is 15.5. The largest absolute Gasteiger partial charge is 0.380 e. The maximum Gasteiger partial charge on any atom is 0.255 e. The molecule has 2 rings (SSSR count). The minimum Gasteiger partial charge on any atom is -0.380 e. The van der Waals surface area contributed by atoms with E-state index >= 15 is 0 Å². The van der Waals surface area contributed by atoms with Crippen LogP contribution in [0.25, 0.3) is 0 Å². The number of piperidine rings is 1. The van der Waals surface area contributed by atoms with Crippen LogP contribution in [0.3, 0.4) is 0 Å². The molecule has 0 radical (unpaired) electrons. The number of hydrogen-bond acceptors (Lipinski definition) is 4. The number of likely N-dealkylation sites (tertiary alicyclic amines) is 1. The lowest BCUT2D eigenvalue weighted by Gasteiger charge is -2.42. The van der Waals surface area contributed by atoms with Crippen LogP contribution in [0.4, 0.5) is 0 Å². The van der Waals surface area contributed by atoms with Gasteiger partial charge in [-0.1, -0.05) is 20.8 Å². The topological polar surface area (TPSA) is 53.0 Å². The zero-order valence-corrected chi connectivity index (χ0v) is 13.7. The number of nitrogens with zero attached hydrogens (tertiary/aromatic N) is 2. The summed E-state index contributed by atoms with van der Waals surface area (Å²) in [6.45, 7) is 11.5. The Morgan fingerprint density at radius 1 is 1.19 bits per heavy atom. The number of aliphatic hydroxyl groups is 1. The van der Waals surface area contributed by atoms with Gasteiger partial charge in [-0.3, -0.25) is 9.69 Å². The molecular weight excluding hydrogens is 268 g/mol. The molecule has 0 aromatic heterocycles. The molecule has 1 unspecified atom stereocenters. The molecule has 5 heteroatoms. The Labute approximate surface area is 128 Å². The Morgan fingerprint density at radius 2 is 1.95 bits per heavy atom. The van der Waals surface area contributed by atoms with Gasteiger partial charge in [-0.15, -0.1) is 0 Å². The van der Waals surface area contributed by atoms with Crippen LogP contribution in [0.15, 0.2) is 0 Å². The van der Waals surface area contributed by atoms with E-state index in [4.69, 9.17) is 4.74 Å². The summed E-state index contributed by atoms with van der Waals surface area (Å²) in [6, 6.07) is 0. The van der Waals surface area contributed by atoms with Gasteiger partial charge < -0.3 is 14.7 Å². The highest BCUT2D eigenvalue weighted by Crippen LogP contribution is 2.27. The maximum absolute atomic E-state index is 12.7. The van der Waals surface area contributed by atoms with Crippen LogP contribution in [-0.4, -0.2) is 72.4 Å². The molecule has 2 saturated heterocycles. The molecule has 122 valence electrons. The molecule has 0 aliphatic carbocycles. The molecular formula is C16H30N2O3. The van der Waals surface area contributed by atoms with E-state index in [1.54, 1.807) is 0 Å². The lowest BCUT2D eigenvalue weighted by molar-refractivity contribution is -0.161. The maximum atomic E-state index is 12.7. The summed E-state index contributed by atoms with van der Waals surface area (Å²) in [5.74, 6) is -0.0890. The molecule has 2 heterocycles. The van der Waals surface area contributed by atoms with Gasteiger partial charge in [-0.05, 0) is 24.7 Å². The van der Waals surface area contributed by atoms with Crippen molar-refractivity contribution in [2.75, 3.05) is 45.9 Å². The molecule has 1 atom stereocenters. The number of carbonyl (C=O) groups is 1. The molecule has 2 aliphatic rings. The lowest BCUT2D eigenvalue weighted by Crippen LogP contribution is -2.59. The summed E-state index contributed by atoms with van der Waals surface area (Å²) in [5, 5.41) is 10.9. The second-order valence-corrected chi connectivity index (χ2v) is 7.66. The van der Waals surface area contributed by atoms with Crippen LogP contribution in [0.5, 0.6) is 0 Å². The summed E-state index contributed by atoms with van der Waals surface area (Å²) in [7, 11) is 0. The summed E-state index contributed by atoms with van der Waals surface area (Å²) in [4.78, 5) is 16.7. The average molecular weight is 298 g/mol. The van der Waals surface area contributed by atoms with Crippen molar-refractivity contribution in [2.24, 2.45) is 5.41 Å². The van der Waals surface area contributed by atoms with Gasteiger partial charge in [0.05, 0.1) is 6.61 Å². The quantitative estimate of drug-likeness (QED) is 0.848. The summed E-state index contributed by atoms with van der Waals surface area (Å²) in [6.07, 6.45) is 2.42. The van der Waals surface area contributed by atoms with Crippen LogP contribution in [0, 0.1) is 5.41 Å². The van der Waals surface area contributed by atoms with Gasteiger partial charge in [0.1, 0.15) is 0 Å². The van der Waals surface area contributed by atoms with E-state index in [0.717, 1.165) is 39.1 Å². The third-order valence-corrected chi connectivity index (χ3v) is 4.17. The van der Waals surface area contributed by atoms with Crippen molar-refractivity contribution < 1.29 is 14.6 Å². The number of amides is 1. The Balaban J connectivity index is 2.00. The first kappa shape index (κ1) is 16.7. The minimum atomic E-state index is -1.21. The fourth-order valence-electron chi connectivity index (χ4n) is 3.26. The van der Waals surface area contributed by atoms with Crippen molar-refractivity contribution in [1.29, 1.82) is 0 Å². The van der Waals surface area contributed by atoms with E-state index in [-0.39, 0.29) is 11.3 Å². The average Bonchev–Trinajstić information content (AvgIpc) is 2.62. The molecule has 0 aromatic rings. The van der Waals surface area contributed by atoms with E-state index in [2.05, 4.69) is 25.7 Å². The van der Waals surface area contributed by atoms with Crippen LogP contribution in [0.1, 0.15) is 40.0 Å². The van der Waals surface area contributed by atoms with Gasteiger partial charge in [0.25, 0.3) is 5.91 Å². The summed E-state index contributed by atoms with van der Waals surface area (Å²) in [5.41, 5.74) is -1.15. The van der Waals surface area contributed by atoms with Crippen LogP contribution in [0.2, 0.25) is 0 Å². The second kappa shape index (κ2) is 6.63. The third kappa shape index (κ3) is 4.66. The van der Waals surface area contributed by atoms with Gasteiger partial charge in [-0.25, -0.2) is 0 Å². The molecule has 5 nitrogen and oxygen atoms in total. The molecule has 0 spiro atoms. The number of ether oxygens (including phenoxy) is 1. The lowest BCUT2D eigenvalue weighted by atomic mass is 9.88. The highest BCUT2D eigenvalue weighted by Gasteiger charge is 2.44. The van der Waals surface area contributed by atoms with Gasteiger partial charge in [-0.2, -0.15) is 0 Å². The molecule has 0 aromatic carbocycles. The summed E-state index contributed by atoms with van der Waals surface area (Å²) < 4.78 is 5.44. The fraction of sp³-hybridized carbons (Fsp3) is 0.938. The SMILES string of the molecule is CC(C)(C)CN1CCCC(O)(CN2CCCOCC2)C1=O. The first-order valence-electron chi connectivity index (χ1n) is 8.12. The first-order valence-corrected chi connectivity index (χ1v) is 8.12. The van der Waals surface area contributed by atoms with E-state index in [1.807, 2.05) is 4.90 Å². The van der Waals surface area contributed by atoms with Crippen molar-refractivity contribution in [3.05, 3.63) is 0 Å². The molecule has 2 aliphatic heterocycles. The van der Waals surface area contributed by atoms with Crippen molar-refractivity contribution >= 4 is 5.91 Å². The Morgan fingerprint density at radius 3 is 2.67 bits per heavy atom. The number of hydrogen-bond donors (Lipinski definition) is 1. The zero-order valence-electron chi connectivity index (χ0n) is 13.7. The molecule has 0 saturated carbocycles. The second-order valence-electron chi connectivity index (χ2n) is 7.66. The van der Waals surface area contributed by atoms with Crippen molar-refractivity contribution in [3.8, 4) is 0 Å². The molecule has 1 amide bonds. The number of β-amino-alcohol motifs (C(OH)–C–C–N with tert-alkyl or cyclic N) is 1. The van der Waals surface area contributed by atoms with Crippen molar-refractivity contribution in [1.82, 2.24) is 9.80 Å². The first-order chi connectivity index (χ1) is 9.80. The molecule has 0 bridgehead atoms. The van der Waals surface area contributed by atoms with Crippen molar-refractivity contribution in [2.45, 2.75) is 45.6 Å². The minimum absolute atomic E-state index is 0.0599. The van der Waals surface area contributed by atoms with Crippen LogP contribution >= 0.6 is 0 Å². The van der Waals surface area contributed by atoms with Gasteiger partial charge in [0.2, 0.25) is 0 Å². The third-order valence-electron chi connectivity index (χ3n) is 4.17. The Hall–Kier alpha value is -0.650. The molecule has 21 heavy (non-hydrogen) atoms. The summed E-state index contributed by atoms with van der Waals surface area (Å²) >= 11 is 0. The van der Waals surface area contributed by atoms with E-state index in [1.165, 1.54) is 0 Å². The molecule has 2 fully saturated rings. The smallest absolute Gasteiger partial charge is 0.255 e. The number of rotatable bonds is 3. The highest BCUT2D eigenvalue weighted by atomic mass is 16.5. The Bertz CT molecular complexity index is 359. The predicted molar refractivity (Wildman–Crippen MR) is 82.1 cm³/mol. The highest BCUT2D eigenvalue weighted by molar-refractivity contribution is 5.86. The van der Waals surface area contributed by atoms with E-state index < -0.39 is 5.60 Å². The van der Waals surface area contributed by atoms with E-state index in [0.29, 0.717) is 26.1 Å². The standard InChI is InChI=1S/C16H30N2O3/c1-15(2,3)12-18-8-4-6-16(20,14(18)19)13-17-7-5-10-21-11-9-17/h20H,4-13H2,1-3H3. The van der Waals surface area contributed by atoms with Gasteiger partial charge in [0, 0.05) is 39.3 Å². The van der Waals surface area contributed by atoms with Gasteiger partial charge >= 0.3 is 0 Å². The monoisotopic (exact) mass is 298 g/mol.